The Balaban J connectivity index is 2.07. The van der Waals surface area contributed by atoms with Crippen LogP contribution in [0.5, 0.6) is 0 Å². The number of hydrogen-bond acceptors (Lipinski definition) is 3. The summed E-state index contributed by atoms with van der Waals surface area (Å²) in [5.41, 5.74) is 0. The molecular weight excluding hydrogens is 236 g/mol. The quantitative estimate of drug-likeness (QED) is 0.684. The number of aliphatic hydroxyl groups excluding tert-OH is 1. The predicted octanol–water partition coefficient (Wildman–Crippen LogP) is 2.53. The van der Waals surface area contributed by atoms with Gasteiger partial charge in [0.05, 0.1) is 17.6 Å². The van der Waals surface area contributed by atoms with Gasteiger partial charge in [0.2, 0.25) is 0 Å². The second kappa shape index (κ2) is 7.37. The molecule has 0 saturated carbocycles. The van der Waals surface area contributed by atoms with Crippen LogP contribution < -0.4 is 0 Å². The van der Waals surface area contributed by atoms with E-state index >= 15 is 0 Å². The molecule has 17 heavy (non-hydrogen) atoms. The summed E-state index contributed by atoms with van der Waals surface area (Å²) in [4.78, 5) is 0. The summed E-state index contributed by atoms with van der Waals surface area (Å²) in [5, 5.41) is 9.92. The van der Waals surface area contributed by atoms with Crippen LogP contribution in [0, 0.1) is 5.92 Å². The van der Waals surface area contributed by atoms with Crippen molar-refractivity contribution in [2.24, 2.45) is 5.92 Å². The van der Waals surface area contributed by atoms with Crippen molar-refractivity contribution in [3.05, 3.63) is 0 Å². The van der Waals surface area contributed by atoms with Gasteiger partial charge in [-0.2, -0.15) is 0 Å². The SMILES string of the molecule is CCCCCCCCC(O)C1CCS(=O)(=O)C1. The van der Waals surface area contributed by atoms with Gasteiger partial charge in [0, 0.05) is 0 Å². The standard InChI is InChI=1S/C13H26O3S/c1-2-3-4-5-6-7-8-13(14)12-9-10-17(15,16)11-12/h12-14H,2-11H2,1H3. The van der Waals surface area contributed by atoms with Crippen LogP contribution in [0.15, 0.2) is 0 Å². The van der Waals surface area contributed by atoms with Gasteiger partial charge in [0.25, 0.3) is 0 Å². The average molecular weight is 262 g/mol. The van der Waals surface area contributed by atoms with E-state index in [2.05, 4.69) is 6.92 Å². The smallest absolute Gasteiger partial charge is 0.150 e. The maximum Gasteiger partial charge on any atom is 0.150 e. The molecule has 1 N–H and O–H groups in total. The minimum Gasteiger partial charge on any atom is -0.393 e. The highest BCUT2D eigenvalue weighted by atomic mass is 32.2. The highest BCUT2D eigenvalue weighted by Gasteiger charge is 2.32. The fourth-order valence-electron chi connectivity index (χ4n) is 2.50. The van der Waals surface area contributed by atoms with Gasteiger partial charge in [0.15, 0.2) is 9.84 Å². The second-order valence-electron chi connectivity index (χ2n) is 5.29. The number of hydrogen-bond donors (Lipinski definition) is 1. The summed E-state index contributed by atoms with van der Waals surface area (Å²) in [6.45, 7) is 2.20. The van der Waals surface area contributed by atoms with Crippen LogP contribution in [0.2, 0.25) is 0 Å². The molecule has 0 aromatic heterocycles. The molecule has 1 rings (SSSR count). The Labute approximate surface area is 106 Å². The lowest BCUT2D eigenvalue weighted by molar-refractivity contribution is 0.108. The number of unbranched alkanes of at least 4 members (excludes halogenated alkanes) is 5. The fourth-order valence-corrected chi connectivity index (χ4v) is 4.37. The fraction of sp³-hybridized carbons (Fsp3) is 1.00. The first-order valence-corrected chi connectivity index (χ1v) is 8.76. The highest BCUT2D eigenvalue weighted by molar-refractivity contribution is 7.91. The third-order valence-corrected chi connectivity index (χ3v) is 5.46. The number of rotatable bonds is 8. The van der Waals surface area contributed by atoms with Crippen molar-refractivity contribution in [3.63, 3.8) is 0 Å². The van der Waals surface area contributed by atoms with Crippen molar-refractivity contribution in [3.8, 4) is 0 Å². The molecule has 1 aliphatic heterocycles. The van der Waals surface area contributed by atoms with E-state index in [4.69, 9.17) is 0 Å². The molecule has 3 nitrogen and oxygen atoms in total. The van der Waals surface area contributed by atoms with Crippen LogP contribution in [0.25, 0.3) is 0 Å². The Morgan fingerprint density at radius 2 is 1.82 bits per heavy atom. The minimum atomic E-state index is -2.84. The van der Waals surface area contributed by atoms with Crippen molar-refractivity contribution in [2.75, 3.05) is 11.5 Å². The first-order valence-electron chi connectivity index (χ1n) is 6.93. The van der Waals surface area contributed by atoms with E-state index in [0.717, 1.165) is 19.3 Å². The third-order valence-electron chi connectivity index (χ3n) is 3.67. The Kier molecular flexibility index (Phi) is 6.49. The van der Waals surface area contributed by atoms with Crippen molar-refractivity contribution in [2.45, 2.75) is 64.4 Å². The van der Waals surface area contributed by atoms with Crippen LogP contribution in [0.4, 0.5) is 0 Å². The number of aliphatic hydroxyl groups is 1. The first-order chi connectivity index (χ1) is 8.05. The summed E-state index contributed by atoms with van der Waals surface area (Å²) in [6, 6.07) is 0. The molecule has 0 spiro atoms. The van der Waals surface area contributed by atoms with Gasteiger partial charge in [-0.25, -0.2) is 8.42 Å². The molecule has 0 amide bonds. The monoisotopic (exact) mass is 262 g/mol. The summed E-state index contributed by atoms with van der Waals surface area (Å²) >= 11 is 0. The van der Waals surface area contributed by atoms with Gasteiger partial charge in [-0.15, -0.1) is 0 Å². The topological polar surface area (TPSA) is 54.4 Å². The van der Waals surface area contributed by atoms with E-state index < -0.39 is 15.9 Å². The van der Waals surface area contributed by atoms with E-state index in [1.54, 1.807) is 0 Å². The van der Waals surface area contributed by atoms with E-state index in [1.165, 1.54) is 25.7 Å². The Morgan fingerprint density at radius 3 is 2.41 bits per heavy atom. The molecule has 1 heterocycles. The maximum absolute atomic E-state index is 11.3. The molecular formula is C13H26O3S. The first kappa shape index (κ1) is 15.0. The van der Waals surface area contributed by atoms with Crippen molar-refractivity contribution in [1.29, 1.82) is 0 Å². The zero-order valence-electron chi connectivity index (χ0n) is 10.9. The van der Waals surface area contributed by atoms with E-state index in [0.29, 0.717) is 6.42 Å². The van der Waals surface area contributed by atoms with Crippen LogP contribution in [0.3, 0.4) is 0 Å². The highest BCUT2D eigenvalue weighted by Crippen LogP contribution is 2.24. The Hall–Kier alpha value is -0.0900. The van der Waals surface area contributed by atoms with Crippen LogP contribution in [-0.4, -0.2) is 31.1 Å². The molecule has 2 unspecified atom stereocenters. The molecule has 1 fully saturated rings. The van der Waals surface area contributed by atoms with Crippen molar-refractivity contribution < 1.29 is 13.5 Å². The molecule has 1 aliphatic rings. The molecule has 0 radical (unpaired) electrons. The van der Waals surface area contributed by atoms with Crippen molar-refractivity contribution in [1.82, 2.24) is 0 Å². The number of sulfone groups is 1. The van der Waals surface area contributed by atoms with Gasteiger partial charge >= 0.3 is 0 Å². The average Bonchev–Trinajstić information content (AvgIpc) is 2.64. The maximum atomic E-state index is 11.3. The van der Waals surface area contributed by atoms with E-state index in [9.17, 15) is 13.5 Å². The zero-order valence-corrected chi connectivity index (χ0v) is 11.7. The Morgan fingerprint density at radius 1 is 1.18 bits per heavy atom. The van der Waals surface area contributed by atoms with Gasteiger partial charge in [-0.1, -0.05) is 45.4 Å². The predicted molar refractivity (Wildman–Crippen MR) is 70.8 cm³/mol. The van der Waals surface area contributed by atoms with Gasteiger partial charge < -0.3 is 5.11 Å². The van der Waals surface area contributed by atoms with Crippen LogP contribution >= 0.6 is 0 Å². The molecule has 0 aromatic carbocycles. The molecule has 0 bridgehead atoms. The molecule has 1 saturated heterocycles. The lowest BCUT2D eigenvalue weighted by Gasteiger charge is -2.16. The summed E-state index contributed by atoms with van der Waals surface area (Å²) < 4.78 is 22.6. The van der Waals surface area contributed by atoms with Crippen molar-refractivity contribution >= 4 is 9.84 Å². The largest absolute Gasteiger partial charge is 0.393 e. The molecule has 102 valence electrons. The van der Waals surface area contributed by atoms with Gasteiger partial charge in [-0.3, -0.25) is 0 Å². The van der Waals surface area contributed by atoms with Crippen LogP contribution in [0.1, 0.15) is 58.3 Å². The minimum absolute atomic E-state index is 0.00404. The summed E-state index contributed by atoms with van der Waals surface area (Å²) in [7, 11) is -2.84. The zero-order chi connectivity index (χ0) is 12.7. The summed E-state index contributed by atoms with van der Waals surface area (Å²) in [6.07, 6.45) is 8.28. The Bertz CT molecular complexity index is 298. The molecule has 2 atom stereocenters. The van der Waals surface area contributed by atoms with Crippen LogP contribution in [-0.2, 0) is 9.84 Å². The van der Waals surface area contributed by atoms with Gasteiger partial charge in [-0.05, 0) is 18.8 Å². The molecule has 0 aromatic rings. The molecule has 0 aliphatic carbocycles. The lowest BCUT2D eigenvalue weighted by atomic mass is 9.96. The lowest BCUT2D eigenvalue weighted by Crippen LogP contribution is -2.21. The third kappa shape index (κ3) is 5.87. The normalized spacial score (nSPS) is 24.9. The van der Waals surface area contributed by atoms with E-state index in [1.807, 2.05) is 0 Å². The summed E-state index contributed by atoms with van der Waals surface area (Å²) in [5.74, 6) is 0.463. The van der Waals surface area contributed by atoms with Gasteiger partial charge in [0.1, 0.15) is 0 Å². The second-order valence-corrected chi connectivity index (χ2v) is 7.52. The molecule has 4 heteroatoms. The van der Waals surface area contributed by atoms with E-state index in [-0.39, 0.29) is 17.4 Å².